The lowest BCUT2D eigenvalue weighted by Gasteiger charge is -2.19. The Morgan fingerprint density at radius 1 is 0.806 bits per heavy atom. The lowest BCUT2D eigenvalue weighted by atomic mass is 9.81. The van der Waals surface area contributed by atoms with Crippen molar-refractivity contribution in [3.8, 4) is 5.75 Å². The molecule has 2 amide bonds. The van der Waals surface area contributed by atoms with E-state index in [0.29, 0.717) is 28.8 Å². The highest BCUT2D eigenvalue weighted by Gasteiger charge is 2.61. The van der Waals surface area contributed by atoms with E-state index in [1.54, 1.807) is 30.3 Å². The van der Waals surface area contributed by atoms with E-state index in [2.05, 4.69) is 0 Å². The third-order valence-electron chi connectivity index (χ3n) is 7.20. The van der Waals surface area contributed by atoms with Crippen molar-refractivity contribution in [2.75, 3.05) is 4.90 Å². The number of hydrogen-bond acceptors (Lipinski definition) is 4. The van der Waals surface area contributed by atoms with E-state index >= 15 is 0 Å². The number of hydrogen-bond donors (Lipinski definition) is 0. The van der Waals surface area contributed by atoms with E-state index in [9.17, 15) is 14.4 Å². The summed E-state index contributed by atoms with van der Waals surface area (Å²) in [5, 5.41) is 2.05. The maximum Gasteiger partial charge on any atom is 0.343 e. The summed E-state index contributed by atoms with van der Waals surface area (Å²) >= 11 is 0. The molecule has 2 bridgehead atoms. The van der Waals surface area contributed by atoms with Crippen LogP contribution >= 0.6 is 0 Å². The van der Waals surface area contributed by atoms with Crippen molar-refractivity contribution in [1.29, 1.82) is 0 Å². The van der Waals surface area contributed by atoms with E-state index in [1.165, 1.54) is 4.90 Å². The van der Waals surface area contributed by atoms with Crippen LogP contribution in [0.15, 0.2) is 66.7 Å². The molecule has 3 aromatic rings. The zero-order chi connectivity index (χ0) is 21.1. The molecule has 3 aromatic carbocycles. The van der Waals surface area contributed by atoms with Gasteiger partial charge in [-0.15, -0.1) is 0 Å². The molecule has 1 saturated heterocycles. The highest BCUT2D eigenvalue weighted by Crippen LogP contribution is 2.56. The molecule has 0 unspecified atom stereocenters. The quantitative estimate of drug-likeness (QED) is 0.359. The Balaban J connectivity index is 1.26. The second-order valence-electron chi connectivity index (χ2n) is 8.85. The molecule has 4 atom stereocenters. The van der Waals surface area contributed by atoms with Crippen LogP contribution in [0.4, 0.5) is 5.69 Å². The average Bonchev–Trinajstić information content (AvgIpc) is 3.47. The number of fused-ring (bicyclic) bond motifs is 6. The maximum absolute atomic E-state index is 13.1. The Morgan fingerprint density at radius 3 is 2.26 bits per heavy atom. The van der Waals surface area contributed by atoms with E-state index in [0.717, 1.165) is 30.0 Å². The second-order valence-corrected chi connectivity index (χ2v) is 8.85. The Hall–Kier alpha value is -3.47. The predicted molar refractivity (Wildman–Crippen MR) is 116 cm³/mol. The van der Waals surface area contributed by atoms with E-state index < -0.39 is 5.97 Å². The van der Waals surface area contributed by atoms with Gasteiger partial charge in [-0.25, -0.2) is 4.79 Å². The monoisotopic (exact) mass is 411 g/mol. The molecule has 5 nitrogen and oxygen atoms in total. The molecule has 6 rings (SSSR count). The van der Waals surface area contributed by atoms with Gasteiger partial charge in [0.25, 0.3) is 0 Å². The Morgan fingerprint density at radius 2 is 1.52 bits per heavy atom. The molecule has 154 valence electrons. The second kappa shape index (κ2) is 6.77. The highest BCUT2D eigenvalue weighted by molar-refractivity contribution is 6.22. The number of benzene rings is 3. The molecule has 3 fully saturated rings. The standard InChI is InChI=1S/C26H21NO4/c28-24-22-17-8-9-18(12-17)23(22)25(29)27(24)20-7-3-6-19(13-20)26(30)31-21-11-10-15-4-1-2-5-16(15)14-21/h1-7,10-11,13-14,17-18,22-23H,8-9,12H2/t17-,18+,22+,23-. The Labute approximate surface area is 179 Å². The third kappa shape index (κ3) is 2.80. The third-order valence-corrected chi connectivity index (χ3v) is 7.20. The van der Waals surface area contributed by atoms with Gasteiger partial charge in [0.05, 0.1) is 23.1 Å². The van der Waals surface area contributed by atoms with Crippen molar-refractivity contribution >= 4 is 34.2 Å². The number of rotatable bonds is 3. The first kappa shape index (κ1) is 18.3. The van der Waals surface area contributed by atoms with Crippen LogP contribution in [-0.4, -0.2) is 17.8 Å². The van der Waals surface area contributed by atoms with Crippen molar-refractivity contribution in [3.05, 3.63) is 72.3 Å². The summed E-state index contributed by atoms with van der Waals surface area (Å²) in [6.07, 6.45) is 3.08. The lowest BCUT2D eigenvalue weighted by Crippen LogP contribution is -2.32. The van der Waals surface area contributed by atoms with Crippen molar-refractivity contribution < 1.29 is 19.1 Å². The minimum Gasteiger partial charge on any atom is -0.423 e. The number of ether oxygens (including phenoxy) is 1. The number of carbonyl (C=O) groups is 3. The fraction of sp³-hybridized carbons (Fsp3) is 0.269. The molecular weight excluding hydrogens is 390 g/mol. The largest absolute Gasteiger partial charge is 0.423 e. The first-order chi connectivity index (χ1) is 15.1. The van der Waals surface area contributed by atoms with Crippen LogP contribution in [0, 0.1) is 23.7 Å². The summed E-state index contributed by atoms with van der Waals surface area (Å²) in [4.78, 5) is 40.2. The molecule has 0 spiro atoms. The SMILES string of the molecule is O=C(Oc1ccc2ccccc2c1)c1cccc(N2C(=O)[C@@H]3[C@H]4CC[C@H](C4)[C@@H]3C2=O)c1. The van der Waals surface area contributed by atoms with Crippen LogP contribution in [-0.2, 0) is 9.59 Å². The van der Waals surface area contributed by atoms with Crippen molar-refractivity contribution in [3.63, 3.8) is 0 Å². The molecule has 1 heterocycles. The highest BCUT2D eigenvalue weighted by atomic mass is 16.5. The number of amides is 2. The molecule has 0 radical (unpaired) electrons. The molecule has 5 heteroatoms. The lowest BCUT2D eigenvalue weighted by molar-refractivity contribution is -0.123. The summed E-state index contributed by atoms with van der Waals surface area (Å²) in [5.74, 6) is 0.0171. The van der Waals surface area contributed by atoms with Gasteiger partial charge in [-0.3, -0.25) is 14.5 Å². The van der Waals surface area contributed by atoms with Gasteiger partial charge in [0.1, 0.15) is 5.75 Å². The van der Waals surface area contributed by atoms with E-state index in [1.807, 2.05) is 36.4 Å². The number of carbonyl (C=O) groups excluding carboxylic acids is 3. The van der Waals surface area contributed by atoms with Gasteiger partial charge in [0.15, 0.2) is 0 Å². The summed E-state index contributed by atoms with van der Waals surface area (Å²) in [7, 11) is 0. The van der Waals surface area contributed by atoms with Crippen LogP contribution in [0.3, 0.4) is 0 Å². The fourth-order valence-corrected chi connectivity index (χ4v) is 5.83. The first-order valence-electron chi connectivity index (χ1n) is 10.8. The van der Waals surface area contributed by atoms with Gasteiger partial charge in [-0.1, -0.05) is 36.4 Å². The van der Waals surface area contributed by atoms with Crippen LogP contribution < -0.4 is 9.64 Å². The van der Waals surface area contributed by atoms with Gasteiger partial charge >= 0.3 is 5.97 Å². The van der Waals surface area contributed by atoms with E-state index in [4.69, 9.17) is 4.74 Å². The Kier molecular flexibility index (Phi) is 4.00. The van der Waals surface area contributed by atoms with Crippen molar-refractivity contribution in [2.24, 2.45) is 23.7 Å². The van der Waals surface area contributed by atoms with Crippen LogP contribution in [0.2, 0.25) is 0 Å². The van der Waals surface area contributed by atoms with Crippen LogP contribution in [0.25, 0.3) is 10.8 Å². The number of nitrogens with zero attached hydrogens (tertiary/aromatic N) is 1. The predicted octanol–water partition coefficient (Wildman–Crippen LogP) is 4.59. The van der Waals surface area contributed by atoms with E-state index in [-0.39, 0.29) is 23.7 Å². The zero-order valence-corrected chi connectivity index (χ0v) is 16.9. The average molecular weight is 411 g/mol. The normalized spacial score (nSPS) is 26.5. The molecule has 0 N–H and O–H groups in total. The van der Waals surface area contributed by atoms with Crippen molar-refractivity contribution in [1.82, 2.24) is 0 Å². The molecular formula is C26H21NO4. The molecule has 2 aliphatic carbocycles. The van der Waals surface area contributed by atoms with Crippen molar-refractivity contribution in [2.45, 2.75) is 19.3 Å². The molecule has 31 heavy (non-hydrogen) atoms. The summed E-state index contributed by atoms with van der Waals surface area (Å²) in [6, 6.07) is 20.0. The molecule has 2 saturated carbocycles. The number of esters is 1. The van der Waals surface area contributed by atoms with Gasteiger partial charge in [-0.05, 0) is 72.2 Å². The summed E-state index contributed by atoms with van der Waals surface area (Å²) in [5.41, 5.74) is 0.767. The van der Waals surface area contributed by atoms with Gasteiger partial charge in [0, 0.05) is 0 Å². The fourth-order valence-electron chi connectivity index (χ4n) is 5.83. The smallest absolute Gasteiger partial charge is 0.343 e. The molecule has 1 aliphatic heterocycles. The maximum atomic E-state index is 13.1. The van der Waals surface area contributed by atoms with Crippen LogP contribution in [0.1, 0.15) is 29.6 Å². The molecule has 0 aromatic heterocycles. The molecule has 3 aliphatic rings. The zero-order valence-electron chi connectivity index (χ0n) is 16.9. The number of imide groups is 1. The van der Waals surface area contributed by atoms with Crippen LogP contribution in [0.5, 0.6) is 5.75 Å². The summed E-state index contributed by atoms with van der Waals surface area (Å²) in [6.45, 7) is 0. The minimum atomic E-state index is -0.517. The number of anilines is 1. The van der Waals surface area contributed by atoms with Gasteiger partial charge in [-0.2, -0.15) is 0 Å². The first-order valence-corrected chi connectivity index (χ1v) is 10.8. The minimum absolute atomic E-state index is 0.109. The van der Waals surface area contributed by atoms with Gasteiger partial charge < -0.3 is 4.74 Å². The summed E-state index contributed by atoms with van der Waals surface area (Å²) < 4.78 is 5.57. The van der Waals surface area contributed by atoms with Gasteiger partial charge in [0.2, 0.25) is 11.8 Å². The Bertz CT molecular complexity index is 1220. The topological polar surface area (TPSA) is 63.7 Å².